The summed E-state index contributed by atoms with van der Waals surface area (Å²) in [6, 6.07) is 19.0. The number of methoxy groups -OCH3 is 2. The maximum absolute atomic E-state index is 12.8. The van der Waals surface area contributed by atoms with Crippen molar-refractivity contribution in [2.75, 3.05) is 19.5 Å². The van der Waals surface area contributed by atoms with Crippen LogP contribution in [0.2, 0.25) is 5.02 Å². The van der Waals surface area contributed by atoms with Crippen LogP contribution >= 0.6 is 23.4 Å². The van der Waals surface area contributed by atoms with E-state index < -0.39 is 17.8 Å². The van der Waals surface area contributed by atoms with E-state index in [9.17, 15) is 14.4 Å². The summed E-state index contributed by atoms with van der Waals surface area (Å²) in [5, 5.41) is 3.37. The molecular formula is C24H20ClNO5S. The topological polar surface area (TPSA) is 81.7 Å². The van der Waals surface area contributed by atoms with E-state index in [-0.39, 0.29) is 16.8 Å². The number of carbonyl (C=O) groups is 3. The highest BCUT2D eigenvalue weighted by Crippen LogP contribution is 2.25. The van der Waals surface area contributed by atoms with Gasteiger partial charge in [-0.25, -0.2) is 9.59 Å². The number of carbonyl (C=O) groups excluding carboxylic acids is 3. The maximum atomic E-state index is 12.8. The molecule has 0 heterocycles. The van der Waals surface area contributed by atoms with E-state index in [0.29, 0.717) is 10.6 Å². The Morgan fingerprint density at radius 3 is 2.09 bits per heavy atom. The summed E-state index contributed by atoms with van der Waals surface area (Å²) in [5.74, 6) is -0.906. The van der Waals surface area contributed by atoms with Gasteiger partial charge in [0.05, 0.1) is 31.0 Å². The molecule has 1 N–H and O–H groups in total. The van der Waals surface area contributed by atoms with E-state index >= 15 is 0 Å². The third kappa shape index (κ3) is 5.90. The van der Waals surface area contributed by atoms with Gasteiger partial charge >= 0.3 is 11.9 Å². The molecule has 0 fully saturated rings. The maximum Gasteiger partial charge on any atom is 0.339 e. The SMILES string of the molecule is COC(=O)c1ccc(C(=O)OC)c(NC(=O)c2ccc(CSc3ccc(Cl)cc3)cc2)c1. The summed E-state index contributed by atoms with van der Waals surface area (Å²) in [6.45, 7) is 0. The van der Waals surface area contributed by atoms with Crippen molar-refractivity contribution < 1.29 is 23.9 Å². The van der Waals surface area contributed by atoms with Crippen molar-refractivity contribution in [3.05, 3.63) is 94.0 Å². The van der Waals surface area contributed by atoms with Crippen molar-refractivity contribution in [3.8, 4) is 0 Å². The highest BCUT2D eigenvalue weighted by atomic mass is 35.5. The zero-order valence-corrected chi connectivity index (χ0v) is 19.0. The van der Waals surface area contributed by atoms with E-state index in [4.69, 9.17) is 21.1 Å². The van der Waals surface area contributed by atoms with Crippen LogP contribution in [0.3, 0.4) is 0 Å². The molecule has 6 nitrogen and oxygen atoms in total. The van der Waals surface area contributed by atoms with Gasteiger partial charge in [-0.1, -0.05) is 23.7 Å². The van der Waals surface area contributed by atoms with E-state index in [0.717, 1.165) is 16.2 Å². The molecular weight excluding hydrogens is 450 g/mol. The minimum Gasteiger partial charge on any atom is -0.465 e. The second kappa shape index (κ2) is 10.8. The Morgan fingerprint density at radius 1 is 0.844 bits per heavy atom. The summed E-state index contributed by atoms with van der Waals surface area (Å²) in [7, 11) is 2.49. The van der Waals surface area contributed by atoms with E-state index in [2.05, 4.69) is 5.32 Å². The quantitative estimate of drug-likeness (QED) is 0.365. The van der Waals surface area contributed by atoms with Crippen LogP contribution < -0.4 is 5.32 Å². The van der Waals surface area contributed by atoms with E-state index in [1.165, 1.54) is 32.4 Å². The molecule has 0 aliphatic carbocycles. The molecule has 0 aliphatic heterocycles. The average Bonchev–Trinajstić information content (AvgIpc) is 2.83. The molecule has 0 aromatic heterocycles. The Hall–Kier alpha value is -3.29. The molecule has 0 aliphatic rings. The van der Waals surface area contributed by atoms with Crippen molar-refractivity contribution in [2.45, 2.75) is 10.6 Å². The molecule has 0 saturated heterocycles. The van der Waals surface area contributed by atoms with Crippen LogP contribution in [0.1, 0.15) is 36.6 Å². The van der Waals surface area contributed by atoms with E-state index in [1.807, 2.05) is 36.4 Å². The lowest BCUT2D eigenvalue weighted by Crippen LogP contribution is -2.16. The molecule has 0 atom stereocenters. The second-order valence-electron chi connectivity index (χ2n) is 6.64. The molecule has 0 saturated carbocycles. The number of rotatable bonds is 7. The fourth-order valence-electron chi connectivity index (χ4n) is 2.82. The zero-order valence-electron chi connectivity index (χ0n) is 17.4. The predicted octanol–water partition coefficient (Wildman–Crippen LogP) is 5.46. The molecule has 0 bridgehead atoms. The van der Waals surface area contributed by atoms with Crippen molar-refractivity contribution in [2.24, 2.45) is 0 Å². The van der Waals surface area contributed by atoms with Gasteiger partial charge in [0.15, 0.2) is 0 Å². The van der Waals surface area contributed by atoms with Crippen molar-refractivity contribution in [1.29, 1.82) is 0 Å². The Labute approximate surface area is 194 Å². The van der Waals surface area contributed by atoms with Crippen LogP contribution in [0.25, 0.3) is 0 Å². The molecule has 0 unspecified atom stereocenters. The Kier molecular flexibility index (Phi) is 7.92. The number of esters is 2. The number of hydrogen-bond donors (Lipinski definition) is 1. The standard InChI is InChI=1S/C24H20ClNO5S/c1-30-23(28)17-7-12-20(24(29)31-2)21(13-17)26-22(27)16-5-3-15(4-6-16)14-32-19-10-8-18(25)9-11-19/h3-13H,14H2,1-2H3,(H,26,27). The molecule has 0 radical (unpaired) electrons. The molecule has 0 spiro atoms. The molecule has 32 heavy (non-hydrogen) atoms. The van der Waals surface area contributed by atoms with Gasteiger partial charge in [-0.15, -0.1) is 11.8 Å². The number of hydrogen-bond acceptors (Lipinski definition) is 6. The van der Waals surface area contributed by atoms with E-state index in [1.54, 1.807) is 23.9 Å². The van der Waals surface area contributed by atoms with Gasteiger partial charge < -0.3 is 14.8 Å². The average molecular weight is 470 g/mol. The van der Waals surface area contributed by atoms with Gasteiger partial charge in [0.2, 0.25) is 0 Å². The van der Waals surface area contributed by atoms with Gasteiger partial charge in [-0.05, 0) is 60.2 Å². The Bertz CT molecular complexity index is 1130. The number of benzene rings is 3. The van der Waals surface area contributed by atoms with Crippen LogP contribution in [0, 0.1) is 0 Å². The molecule has 164 valence electrons. The number of ether oxygens (including phenoxy) is 2. The van der Waals surface area contributed by atoms with Crippen molar-refractivity contribution >= 4 is 46.9 Å². The summed E-state index contributed by atoms with van der Waals surface area (Å²) in [6.07, 6.45) is 0. The third-order valence-corrected chi connectivity index (χ3v) is 5.86. The minimum atomic E-state index is -0.633. The van der Waals surface area contributed by atoms with Crippen LogP contribution in [0.15, 0.2) is 71.6 Å². The highest BCUT2D eigenvalue weighted by molar-refractivity contribution is 7.98. The molecule has 1 amide bonds. The van der Waals surface area contributed by atoms with Gasteiger partial charge in [-0.2, -0.15) is 0 Å². The largest absolute Gasteiger partial charge is 0.465 e. The van der Waals surface area contributed by atoms with Crippen LogP contribution in [0.5, 0.6) is 0 Å². The lowest BCUT2D eigenvalue weighted by atomic mass is 10.1. The molecule has 3 rings (SSSR count). The lowest BCUT2D eigenvalue weighted by Gasteiger charge is -2.12. The summed E-state index contributed by atoms with van der Waals surface area (Å²) >= 11 is 7.56. The second-order valence-corrected chi connectivity index (χ2v) is 8.12. The fourth-order valence-corrected chi connectivity index (χ4v) is 3.81. The first-order chi connectivity index (χ1) is 15.4. The monoisotopic (exact) mass is 469 g/mol. The number of halogens is 1. The fraction of sp³-hybridized carbons (Fsp3) is 0.125. The van der Waals surface area contributed by atoms with Crippen LogP contribution in [0.4, 0.5) is 5.69 Å². The predicted molar refractivity (Wildman–Crippen MR) is 125 cm³/mol. The van der Waals surface area contributed by atoms with Gasteiger partial charge in [0, 0.05) is 21.2 Å². The van der Waals surface area contributed by atoms with Crippen LogP contribution in [-0.4, -0.2) is 32.1 Å². The van der Waals surface area contributed by atoms with Gasteiger partial charge in [0.25, 0.3) is 5.91 Å². The minimum absolute atomic E-state index is 0.129. The number of nitrogens with one attached hydrogen (secondary N) is 1. The molecule has 3 aromatic rings. The first-order valence-electron chi connectivity index (χ1n) is 9.50. The number of amides is 1. The van der Waals surface area contributed by atoms with Crippen LogP contribution in [-0.2, 0) is 15.2 Å². The van der Waals surface area contributed by atoms with Gasteiger partial charge in [0.1, 0.15) is 0 Å². The smallest absolute Gasteiger partial charge is 0.339 e. The summed E-state index contributed by atoms with van der Waals surface area (Å²) < 4.78 is 9.47. The Balaban J connectivity index is 1.72. The Morgan fingerprint density at radius 2 is 1.47 bits per heavy atom. The summed E-state index contributed by atoms with van der Waals surface area (Å²) in [4.78, 5) is 37.7. The van der Waals surface area contributed by atoms with Crippen molar-refractivity contribution in [1.82, 2.24) is 0 Å². The van der Waals surface area contributed by atoms with Crippen molar-refractivity contribution in [3.63, 3.8) is 0 Å². The lowest BCUT2D eigenvalue weighted by molar-refractivity contribution is 0.0587. The third-order valence-electron chi connectivity index (χ3n) is 4.53. The first-order valence-corrected chi connectivity index (χ1v) is 10.9. The summed E-state index contributed by atoms with van der Waals surface area (Å²) in [5.41, 5.74) is 1.94. The zero-order chi connectivity index (χ0) is 23.1. The molecule has 8 heteroatoms. The highest BCUT2D eigenvalue weighted by Gasteiger charge is 2.18. The molecule has 3 aromatic carbocycles. The van der Waals surface area contributed by atoms with Gasteiger partial charge in [-0.3, -0.25) is 4.79 Å². The first kappa shape index (κ1) is 23.4. The normalized spacial score (nSPS) is 10.3. The number of thioether (sulfide) groups is 1. The number of anilines is 1.